The fourth-order valence-corrected chi connectivity index (χ4v) is 3.49. The third kappa shape index (κ3) is 3.32. The number of hydrogen-bond acceptors (Lipinski definition) is 2. The maximum Gasteiger partial charge on any atom is 0.0520 e. The second kappa shape index (κ2) is 5.82. The molecule has 0 aliphatic rings. The topological polar surface area (TPSA) is 43.1 Å². The SMILES string of the molecule is CC(C)C(C)S(=O)Cc1c(N)cccc1Br. The quantitative estimate of drug-likeness (QED) is 0.867. The summed E-state index contributed by atoms with van der Waals surface area (Å²) < 4.78 is 13.0. The molecule has 1 aromatic carbocycles. The molecule has 1 aromatic rings. The van der Waals surface area contributed by atoms with Crippen molar-refractivity contribution in [1.29, 1.82) is 0 Å². The zero-order valence-electron chi connectivity index (χ0n) is 9.87. The largest absolute Gasteiger partial charge is 0.398 e. The van der Waals surface area contributed by atoms with Crippen LogP contribution in [0.15, 0.2) is 22.7 Å². The molecule has 2 nitrogen and oxygen atoms in total. The molecule has 90 valence electrons. The number of benzene rings is 1. The van der Waals surface area contributed by atoms with Crippen LogP contribution >= 0.6 is 15.9 Å². The van der Waals surface area contributed by atoms with Gasteiger partial charge in [-0.15, -0.1) is 0 Å². The summed E-state index contributed by atoms with van der Waals surface area (Å²) in [6.07, 6.45) is 0. The first-order valence-corrected chi connectivity index (χ1v) is 7.51. The lowest BCUT2D eigenvalue weighted by atomic mass is 10.2. The minimum Gasteiger partial charge on any atom is -0.398 e. The predicted octanol–water partition coefficient (Wildman–Crippen LogP) is 3.32. The van der Waals surface area contributed by atoms with Crippen LogP contribution in [0.5, 0.6) is 0 Å². The number of nitrogens with two attached hydrogens (primary N) is 1. The Kier molecular flexibility index (Phi) is 4.99. The molecule has 0 heterocycles. The first-order valence-electron chi connectivity index (χ1n) is 5.33. The van der Waals surface area contributed by atoms with Crippen LogP contribution in [0.4, 0.5) is 5.69 Å². The van der Waals surface area contributed by atoms with Crippen molar-refractivity contribution in [2.24, 2.45) is 5.92 Å². The van der Waals surface area contributed by atoms with Crippen molar-refractivity contribution >= 4 is 32.4 Å². The van der Waals surface area contributed by atoms with Gasteiger partial charge in [-0.1, -0.05) is 42.8 Å². The Morgan fingerprint density at radius 1 is 1.38 bits per heavy atom. The Hall–Kier alpha value is -0.350. The van der Waals surface area contributed by atoms with Crippen molar-refractivity contribution in [3.05, 3.63) is 28.2 Å². The van der Waals surface area contributed by atoms with Gasteiger partial charge in [-0.05, 0) is 18.1 Å². The van der Waals surface area contributed by atoms with Crippen molar-refractivity contribution in [3.63, 3.8) is 0 Å². The maximum absolute atomic E-state index is 12.1. The standard InChI is InChI=1S/C12H18BrNOS/c1-8(2)9(3)16(15)7-10-11(13)5-4-6-12(10)14/h4-6,8-9H,7,14H2,1-3H3. The Bertz CT molecular complexity index is 372. The van der Waals surface area contributed by atoms with Gasteiger partial charge < -0.3 is 5.73 Å². The van der Waals surface area contributed by atoms with Gasteiger partial charge in [0.05, 0.1) is 5.75 Å². The molecule has 16 heavy (non-hydrogen) atoms. The van der Waals surface area contributed by atoms with Gasteiger partial charge in [-0.25, -0.2) is 0 Å². The Balaban J connectivity index is 2.85. The molecule has 2 N–H and O–H groups in total. The van der Waals surface area contributed by atoms with Crippen LogP contribution in [0, 0.1) is 5.92 Å². The molecule has 2 atom stereocenters. The van der Waals surface area contributed by atoms with Crippen molar-refractivity contribution in [2.75, 3.05) is 5.73 Å². The van der Waals surface area contributed by atoms with E-state index in [0.29, 0.717) is 17.4 Å². The molecule has 0 aliphatic heterocycles. The Morgan fingerprint density at radius 3 is 2.50 bits per heavy atom. The molecular formula is C12H18BrNOS. The molecule has 0 fully saturated rings. The van der Waals surface area contributed by atoms with Gasteiger partial charge in [0.2, 0.25) is 0 Å². The zero-order valence-corrected chi connectivity index (χ0v) is 12.3. The molecule has 0 amide bonds. The van der Waals surface area contributed by atoms with Crippen molar-refractivity contribution in [1.82, 2.24) is 0 Å². The van der Waals surface area contributed by atoms with Crippen LogP contribution < -0.4 is 5.73 Å². The number of hydrogen-bond donors (Lipinski definition) is 1. The van der Waals surface area contributed by atoms with E-state index < -0.39 is 10.8 Å². The molecule has 0 aromatic heterocycles. The molecule has 1 rings (SSSR count). The lowest BCUT2D eigenvalue weighted by Crippen LogP contribution is -2.19. The van der Waals surface area contributed by atoms with Crippen LogP contribution in [0.2, 0.25) is 0 Å². The number of anilines is 1. The Labute approximate surface area is 108 Å². The predicted molar refractivity (Wildman–Crippen MR) is 74.7 cm³/mol. The normalized spacial score (nSPS) is 15.1. The van der Waals surface area contributed by atoms with Crippen molar-refractivity contribution in [3.8, 4) is 0 Å². The van der Waals surface area contributed by atoms with Gasteiger partial charge in [0, 0.05) is 31.8 Å². The molecule has 0 saturated carbocycles. The van der Waals surface area contributed by atoms with E-state index in [4.69, 9.17) is 5.73 Å². The Morgan fingerprint density at radius 2 is 2.00 bits per heavy atom. The van der Waals surface area contributed by atoms with E-state index in [1.807, 2.05) is 25.1 Å². The highest BCUT2D eigenvalue weighted by atomic mass is 79.9. The lowest BCUT2D eigenvalue weighted by molar-refractivity contribution is 0.605. The summed E-state index contributed by atoms with van der Waals surface area (Å²) in [5.74, 6) is 0.941. The smallest absolute Gasteiger partial charge is 0.0520 e. The summed E-state index contributed by atoms with van der Waals surface area (Å²) in [5, 5.41) is 0.187. The second-order valence-electron chi connectivity index (χ2n) is 4.28. The third-order valence-corrected chi connectivity index (χ3v) is 5.49. The van der Waals surface area contributed by atoms with Gasteiger partial charge in [0.25, 0.3) is 0 Å². The van der Waals surface area contributed by atoms with Crippen LogP contribution in [-0.2, 0) is 16.6 Å². The summed E-state index contributed by atoms with van der Waals surface area (Å²) in [4.78, 5) is 0. The van der Waals surface area contributed by atoms with Gasteiger partial charge >= 0.3 is 0 Å². The van der Waals surface area contributed by atoms with E-state index >= 15 is 0 Å². The van der Waals surface area contributed by atoms with E-state index in [9.17, 15) is 4.21 Å². The maximum atomic E-state index is 12.1. The van der Waals surface area contributed by atoms with E-state index in [-0.39, 0.29) is 5.25 Å². The molecule has 0 radical (unpaired) electrons. The summed E-state index contributed by atoms with van der Waals surface area (Å²) in [6, 6.07) is 5.66. The minimum absolute atomic E-state index is 0.187. The lowest BCUT2D eigenvalue weighted by Gasteiger charge is -2.16. The van der Waals surface area contributed by atoms with Crippen molar-refractivity contribution in [2.45, 2.75) is 31.8 Å². The molecule has 4 heteroatoms. The summed E-state index contributed by atoms with van der Waals surface area (Å²) in [5.41, 5.74) is 7.54. The molecule has 0 aliphatic carbocycles. The number of rotatable bonds is 4. The molecule has 0 saturated heterocycles. The van der Waals surface area contributed by atoms with Crippen LogP contribution in [0.3, 0.4) is 0 Å². The molecular weight excluding hydrogens is 286 g/mol. The van der Waals surface area contributed by atoms with Crippen LogP contribution in [-0.4, -0.2) is 9.46 Å². The molecule has 2 unspecified atom stereocenters. The highest BCUT2D eigenvalue weighted by molar-refractivity contribution is 9.10. The second-order valence-corrected chi connectivity index (χ2v) is 6.93. The van der Waals surface area contributed by atoms with Crippen LogP contribution in [0.25, 0.3) is 0 Å². The molecule has 0 spiro atoms. The van der Waals surface area contributed by atoms with E-state index in [1.165, 1.54) is 0 Å². The van der Waals surface area contributed by atoms with E-state index in [1.54, 1.807) is 0 Å². The van der Waals surface area contributed by atoms with Gasteiger partial charge in [-0.3, -0.25) is 4.21 Å². The first kappa shape index (κ1) is 13.7. The van der Waals surface area contributed by atoms with E-state index in [2.05, 4.69) is 29.8 Å². The number of halogens is 1. The van der Waals surface area contributed by atoms with Crippen molar-refractivity contribution < 1.29 is 4.21 Å². The van der Waals surface area contributed by atoms with Crippen LogP contribution in [0.1, 0.15) is 26.3 Å². The minimum atomic E-state index is -0.876. The number of nitrogen functional groups attached to an aromatic ring is 1. The fourth-order valence-electron chi connectivity index (χ4n) is 1.30. The zero-order chi connectivity index (χ0) is 12.3. The summed E-state index contributed by atoms with van der Waals surface area (Å²) >= 11 is 3.45. The van der Waals surface area contributed by atoms with Gasteiger partial charge in [0.1, 0.15) is 0 Å². The van der Waals surface area contributed by atoms with Gasteiger partial charge in [0.15, 0.2) is 0 Å². The molecule has 0 bridgehead atoms. The summed E-state index contributed by atoms with van der Waals surface area (Å²) in [6.45, 7) is 6.20. The highest BCUT2D eigenvalue weighted by Crippen LogP contribution is 2.25. The summed E-state index contributed by atoms with van der Waals surface area (Å²) in [7, 11) is -0.876. The van der Waals surface area contributed by atoms with Gasteiger partial charge in [-0.2, -0.15) is 0 Å². The van der Waals surface area contributed by atoms with E-state index in [0.717, 1.165) is 10.0 Å². The first-order chi connectivity index (χ1) is 7.43. The third-order valence-electron chi connectivity index (χ3n) is 2.80. The average Bonchev–Trinajstić information content (AvgIpc) is 2.22. The average molecular weight is 304 g/mol. The monoisotopic (exact) mass is 303 g/mol. The fraction of sp³-hybridized carbons (Fsp3) is 0.500. The highest BCUT2D eigenvalue weighted by Gasteiger charge is 2.17.